The second-order valence-electron chi connectivity index (χ2n) is 4.99. The van der Waals surface area contributed by atoms with Crippen LogP contribution in [0, 0.1) is 22.7 Å². The van der Waals surface area contributed by atoms with E-state index in [1.165, 1.54) is 6.20 Å². The van der Waals surface area contributed by atoms with Crippen LogP contribution in [0.3, 0.4) is 0 Å². The number of ether oxygens (including phenoxy) is 1. The summed E-state index contributed by atoms with van der Waals surface area (Å²) in [6.07, 6.45) is 1.53. The third-order valence-electron chi connectivity index (χ3n) is 2.22. The number of nitrogens with zero attached hydrogens (tertiary/aromatic N) is 4. The van der Waals surface area contributed by atoms with Gasteiger partial charge in [0.2, 0.25) is 5.82 Å². The quantitative estimate of drug-likeness (QED) is 0.589. The van der Waals surface area contributed by atoms with Crippen molar-refractivity contribution in [2.24, 2.45) is 0 Å². The molecule has 0 spiro atoms. The number of nitriles is 2. The van der Waals surface area contributed by atoms with E-state index in [1.807, 2.05) is 12.1 Å². The van der Waals surface area contributed by atoms with E-state index in [1.54, 1.807) is 4.57 Å². The highest BCUT2D eigenvalue weighted by Gasteiger charge is 2.12. The molecular formula is C11H16N4OSi. The van der Waals surface area contributed by atoms with Crippen molar-refractivity contribution in [3.63, 3.8) is 0 Å². The van der Waals surface area contributed by atoms with Gasteiger partial charge in [0.25, 0.3) is 0 Å². The van der Waals surface area contributed by atoms with Crippen LogP contribution in [0.4, 0.5) is 0 Å². The fraction of sp³-hybridized carbons (Fsp3) is 0.545. The average molecular weight is 248 g/mol. The van der Waals surface area contributed by atoms with Gasteiger partial charge in [-0.25, -0.2) is 4.98 Å². The van der Waals surface area contributed by atoms with Gasteiger partial charge in [0.1, 0.15) is 18.9 Å². The molecule has 0 saturated heterocycles. The van der Waals surface area contributed by atoms with Crippen molar-refractivity contribution in [2.75, 3.05) is 6.61 Å². The minimum Gasteiger partial charge on any atom is -0.361 e. The molecule has 1 aromatic heterocycles. The van der Waals surface area contributed by atoms with Gasteiger partial charge in [-0.2, -0.15) is 10.5 Å². The zero-order chi connectivity index (χ0) is 12.9. The van der Waals surface area contributed by atoms with Crippen molar-refractivity contribution < 1.29 is 4.74 Å². The van der Waals surface area contributed by atoms with Gasteiger partial charge in [0.05, 0.1) is 0 Å². The van der Waals surface area contributed by atoms with Crippen LogP contribution < -0.4 is 0 Å². The summed E-state index contributed by atoms with van der Waals surface area (Å²) in [5, 5.41) is 17.5. The standard InChI is InChI=1S/C11H16N4OSi/c1-17(2,3)5-4-16-9-15-8-10(6-12)14-11(15)7-13/h8H,4-5,9H2,1-3H3. The molecular weight excluding hydrogens is 232 g/mol. The van der Waals surface area contributed by atoms with Crippen LogP contribution in [-0.4, -0.2) is 24.2 Å². The number of rotatable bonds is 5. The van der Waals surface area contributed by atoms with Crippen molar-refractivity contribution in [3.05, 3.63) is 17.7 Å². The van der Waals surface area contributed by atoms with Crippen LogP contribution in [0.2, 0.25) is 25.7 Å². The van der Waals surface area contributed by atoms with Crippen LogP contribution in [-0.2, 0) is 11.5 Å². The van der Waals surface area contributed by atoms with E-state index in [9.17, 15) is 0 Å². The molecule has 1 aromatic rings. The third kappa shape index (κ3) is 4.39. The normalized spacial score (nSPS) is 10.9. The highest BCUT2D eigenvalue weighted by atomic mass is 28.3. The fourth-order valence-electron chi connectivity index (χ4n) is 1.20. The highest BCUT2D eigenvalue weighted by Crippen LogP contribution is 2.08. The first-order valence-corrected chi connectivity index (χ1v) is 9.12. The minimum absolute atomic E-state index is 0.217. The van der Waals surface area contributed by atoms with Gasteiger partial charge in [-0.3, -0.25) is 4.57 Å². The number of imidazole rings is 1. The third-order valence-corrected chi connectivity index (χ3v) is 3.92. The molecule has 0 bridgehead atoms. The molecule has 17 heavy (non-hydrogen) atoms. The summed E-state index contributed by atoms with van der Waals surface area (Å²) < 4.78 is 7.05. The van der Waals surface area contributed by atoms with Crippen LogP contribution in [0.5, 0.6) is 0 Å². The molecule has 0 aliphatic heterocycles. The molecule has 0 saturated carbocycles. The Labute approximate surface area is 102 Å². The maximum Gasteiger partial charge on any atom is 0.215 e. The lowest BCUT2D eigenvalue weighted by Crippen LogP contribution is -2.22. The molecule has 0 atom stereocenters. The molecule has 6 heteroatoms. The fourth-order valence-corrected chi connectivity index (χ4v) is 1.96. The Hall–Kier alpha value is -1.63. The van der Waals surface area contributed by atoms with E-state index in [4.69, 9.17) is 15.3 Å². The van der Waals surface area contributed by atoms with Crippen molar-refractivity contribution in [3.8, 4) is 12.1 Å². The van der Waals surface area contributed by atoms with Gasteiger partial charge in [0.15, 0.2) is 5.69 Å². The van der Waals surface area contributed by atoms with Crippen molar-refractivity contribution in [1.82, 2.24) is 9.55 Å². The number of aromatic nitrogens is 2. The average Bonchev–Trinajstić information content (AvgIpc) is 2.65. The molecule has 5 nitrogen and oxygen atoms in total. The summed E-state index contributed by atoms with van der Waals surface area (Å²) in [6, 6.07) is 4.92. The lowest BCUT2D eigenvalue weighted by Gasteiger charge is -2.15. The van der Waals surface area contributed by atoms with Crippen LogP contribution in [0.1, 0.15) is 11.5 Å². The Bertz CT molecular complexity index is 461. The Morgan fingerprint density at radius 1 is 1.35 bits per heavy atom. The van der Waals surface area contributed by atoms with Crippen LogP contribution in [0.15, 0.2) is 6.20 Å². The van der Waals surface area contributed by atoms with Crippen molar-refractivity contribution in [1.29, 1.82) is 10.5 Å². The summed E-state index contributed by atoms with van der Waals surface area (Å²) in [5.41, 5.74) is 0.246. The molecule has 0 radical (unpaired) electrons. The molecule has 90 valence electrons. The van der Waals surface area contributed by atoms with E-state index >= 15 is 0 Å². The number of hydrogen-bond acceptors (Lipinski definition) is 4. The Morgan fingerprint density at radius 2 is 2.06 bits per heavy atom. The molecule has 0 unspecified atom stereocenters. The van der Waals surface area contributed by atoms with Gasteiger partial charge >= 0.3 is 0 Å². The van der Waals surface area contributed by atoms with Gasteiger partial charge in [-0.1, -0.05) is 19.6 Å². The number of hydrogen-bond donors (Lipinski definition) is 0. The van der Waals surface area contributed by atoms with Gasteiger partial charge in [-0.15, -0.1) is 0 Å². The summed E-state index contributed by atoms with van der Waals surface area (Å²) in [5.74, 6) is 0.217. The summed E-state index contributed by atoms with van der Waals surface area (Å²) >= 11 is 0. The lowest BCUT2D eigenvalue weighted by molar-refractivity contribution is 0.0865. The molecule has 0 N–H and O–H groups in total. The minimum atomic E-state index is -1.09. The van der Waals surface area contributed by atoms with Crippen LogP contribution >= 0.6 is 0 Å². The molecule has 0 aliphatic rings. The largest absolute Gasteiger partial charge is 0.361 e. The van der Waals surface area contributed by atoms with E-state index in [-0.39, 0.29) is 18.2 Å². The first-order chi connectivity index (χ1) is 7.96. The summed E-state index contributed by atoms with van der Waals surface area (Å²) in [4.78, 5) is 3.84. The second kappa shape index (κ2) is 5.62. The summed E-state index contributed by atoms with van der Waals surface area (Å²) in [7, 11) is -1.09. The second-order valence-corrected chi connectivity index (χ2v) is 10.6. The predicted molar refractivity (Wildman–Crippen MR) is 65.8 cm³/mol. The maximum absolute atomic E-state index is 8.82. The van der Waals surface area contributed by atoms with Gasteiger partial charge < -0.3 is 4.74 Å². The van der Waals surface area contributed by atoms with E-state index in [2.05, 4.69) is 24.6 Å². The van der Waals surface area contributed by atoms with Gasteiger partial charge in [0, 0.05) is 20.9 Å². The maximum atomic E-state index is 8.82. The van der Waals surface area contributed by atoms with Crippen LogP contribution in [0.25, 0.3) is 0 Å². The topological polar surface area (TPSA) is 74.6 Å². The molecule has 0 aromatic carbocycles. The van der Waals surface area contributed by atoms with E-state index < -0.39 is 8.07 Å². The van der Waals surface area contributed by atoms with Crippen molar-refractivity contribution in [2.45, 2.75) is 32.4 Å². The SMILES string of the molecule is C[Si](C)(C)CCOCn1cc(C#N)nc1C#N. The van der Waals surface area contributed by atoms with E-state index in [0.717, 1.165) is 6.04 Å². The molecule has 0 aliphatic carbocycles. The Kier molecular flexibility index (Phi) is 4.44. The molecule has 1 heterocycles. The monoisotopic (exact) mass is 248 g/mol. The highest BCUT2D eigenvalue weighted by molar-refractivity contribution is 6.76. The summed E-state index contributed by atoms with van der Waals surface area (Å²) in [6.45, 7) is 7.80. The zero-order valence-electron chi connectivity index (χ0n) is 10.4. The predicted octanol–water partition coefficient (Wildman–Crippen LogP) is 1.94. The zero-order valence-corrected chi connectivity index (χ0v) is 11.4. The Morgan fingerprint density at radius 3 is 2.59 bits per heavy atom. The Balaban J connectivity index is 2.50. The van der Waals surface area contributed by atoms with Gasteiger partial charge in [-0.05, 0) is 6.04 Å². The van der Waals surface area contributed by atoms with E-state index in [0.29, 0.717) is 6.61 Å². The lowest BCUT2D eigenvalue weighted by atomic mass is 10.5. The smallest absolute Gasteiger partial charge is 0.215 e. The van der Waals surface area contributed by atoms with Crippen molar-refractivity contribution >= 4 is 8.07 Å². The molecule has 1 rings (SSSR count). The first kappa shape index (κ1) is 13.4. The first-order valence-electron chi connectivity index (χ1n) is 5.41. The molecule has 0 fully saturated rings. The molecule has 0 amide bonds.